The summed E-state index contributed by atoms with van der Waals surface area (Å²) in [6.07, 6.45) is -0.799. The summed E-state index contributed by atoms with van der Waals surface area (Å²) in [7, 11) is 1.63. The highest BCUT2D eigenvalue weighted by atomic mass is 19.1. The van der Waals surface area contributed by atoms with Gasteiger partial charge in [0.1, 0.15) is 12.4 Å². The number of carbonyl (C=O) groups is 2. The largest absolute Gasteiger partial charge is 0.356 e. The van der Waals surface area contributed by atoms with Crippen molar-refractivity contribution in [3.63, 3.8) is 0 Å². The summed E-state index contributed by atoms with van der Waals surface area (Å²) in [6.45, 7) is 4.39. The zero-order valence-corrected chi connectivity index (χ0v) is 13.0. The summed E-state index contributed by atoms with van der Waals surface area (Å²) in [5.74, 6) is -0.518. The molecule has 0 bridgehead atoms. The van der Waals surface area contributed by atoms with Gasteiger partial charge in [-0.25, -0.2) is 4.39 Å². The number of nitrogens with zero attached hydrogens (tertiary/aromatic N) is 1. The second-order valence-electron chi connectivity index (χ2n) is 5.87. The van der Waals surface area contributed by atoms with E-state index in [-0.39, 0.29) is 24.2 Å². The van der Waals surface area contributed by atoms with Gasteiger partial charge in [-0.15, -0.1) is 0 Å². The van der Waals surface area contributed by atoms with Crippen LogP contribution < -0.4 is 5.32 Å². The quantitative estimate of drug-likeness (QED) is 0.917. The van der Waals surface area contributed by atoms with Gasteiger partial charge in [-0.1, -0.05) is 26.0 Å². The van der Waals surface area contributed by atoms with E-state index in [1.54, 1.807) is 19.2 Å². The molecule has 0 aliphatic carbocycles. The van der Waals surface area contributed by atoms with Crippen LogP contribution in [-0.2, 0) is 14.3 Å². The van der Waals surface area contributed by atoms with E-state index >= 15 is 0 Å². The summed E-state index contributed by atoms with van der Waals surface area (Å²) >= 11 is 0. The first-order chi connectivity index (χ1) is 10.4. The fourth-order valence-corrected chi connectivity index (χ4v) is 2.39. The molecule has 1 aromatic rings. The van der Waals surface area contributed by atoms with Crippen LogP contribution in [0.25, 0.3) is 0 Å². The van der Waals surface area contributed by atoms with Crippen molar-refractivity contribution in [3.8, 4) is 0 Å². The lowest BCUT2D eigenvalue weighted by atomic mass is 9.97. The molecule has 1 fully saturated rings. The van der Waals surface area contributed by atoms with Crippen LogP contribution in [0.2, 0.25) is 0 Å². The number of benzene rings is 1. The monoisotopic (exact) mass is 308 g/mol. The fourth-order valence-electron chi connectivity index (χ4n) is 2.39. The maximum Gasteiger partial charge on any atom is 0.251 e. The zero-order valence-electron chi connectivity index (χ0n) is 13.0. The van der Waals surface area contributed by atoms with Crippen LogP contribution in [0.5, 0.6) is 0 Å². The molecule has 22 heavy (non-hydrogen) atoms. The molecule has 0 unspecified atom stereocenters. The van der Waals surface area contributed by atoms with Gasteiger partial charge in [0.05, 0.1) is 6.04 Å². The van der Waals surface area contributed by atoms with Crippen molar-refractivity contribution in [3.05, 3.63) is 35.6 Å². The lowest BCUT2D eigenvalue weighted by Crippen LogP contribution is -2.53. The normalized spacial score (nSPS) is 22.0. The van der Waals surface area contributed by atoms with Gasteiger partial charge in [0.15, 0.2) is 6.10 Å². The Hall–Kier alpha value is -1.95. The van der Waals surface area contributed by atoms with Crippen molar-refractivity contribution in [2.45, 2.75) is 26.0 Å². The Kier molecular flexibility index (Phi) is 5.13. The number of hydrogen-bond acceptors (Lipinski definition) is 3. The van der Waals surface area contributed by atoms with Gasteiger partial charge in [-0.05, 0) is 23.6 Å². The zero-order chi connectivity index (χ0) is 16.3. The Morgan fingerprint density at radius 3 is 2.64 bits per heavy atom. The van der Waals surface area contributed by atoms with E-state index in [9.17, 15) is 14.0 Å². The van der Waals surface area contributed by atoms with Crippen LogP contribution in [0.4, 0.5) is 4.39 Å². The van der Waals surface area contributed by atoms with E-state index in [1.165, 1.54) is 17.0 Å². The van der Waals surface area contributed by atoms with Crippen LogP contribution in [0.15, 0.2) is 24.3 Å². The minimum atomic E-state index is -0.799. The van der Waals surface area contributed by atoms with Crippen LogP contribution in [-0.4, -0.2) is 43.0 Å². The number of ether oxygens (including phenoxy) is 1. The van der Waals surface area contributed by atoms with Crippen molar-refractivity contribution in [1.29, 1.82) is 0 Å². The van der Waals surface area contributed by atoms with Gasteiger partial charge in [0.25, 0.3) is 5.91 Å². The van der Waals surface area contributed by atoms with Crippen molar-refractivity contribution < 1.29 is 18.7 Å². The summed E-state index contributed by atoms with van der Waals surface area (Å²) < 4.78 is 18.6. The minimum Gasteiger partial charge on any atom is -0.356 e. The number of carbonyl (C=O) groups excluding carboxylic acids is 2. The topological polar surface area (TPSA) is 58.6 Å². The third-order valence-corrected chi connectivity index (χ3v) is 3.64. The Balaban J connectivity index is 2.24. The lowest BCUT2D eigenvalue weighted by molar-refractivity contribution is -0.162. The molecule has 1 aliphatic heterocycles. The Bertz CT molecular complexity index is 545. The number of morpholine rings is 1. The van der Waals surface area contributed by atoms with E-state index in [0.717, 1.165) is 0 Å². The lowest BCUT2D eigenvalue weighted by Gasteiger charge is -2.38. The number of halogens is 1. The molecule has 2 rings (SSSR count). The number of likely N-dealkylation sites (N-methyl/N-ethyl adjacent to an activating group) is 1. The molecule has 6 heteroatoms. The first-order valence-electron chi connectivity index (χ1n) is 7.30. The van der Waals surface area contributed by atoms with E-state index in [1.807, 2.05) is 13.8 Å². The molecule has 2 atom stereocenters. The Morgan fingerprint density at radius 2 is 2.05 bits per heavy atom. The smallest absolute Gasteiger partial charge is 0.251 e. The van der Waals surface area contributed by atoms with E-state index in [0.29, 0.717) is 18.0 Å². The maximum absolute atomic E-state index is 13.1. The molecule has 0 aromatic heterocycles. The van der Waals surface area contributed by atoms with Gasteiger partial charge < -0.3 is 15.0 Å². The minimum absolute atomic E-state index is 0.131. The molecule has 1 saturated heterocycles. The highest BCUT2D eigenvalue weighted by molar-refractivity contribution is 5.86. The highest BCUT2D eigenvalue weighted by Gasteiger charge is 2.39. The van der Waals surface area contributed by atoms with E-state index < -0.39 is 12.1 Å². The van der Waals surface area contributed by atoms with E-state index in [4.69, 9.17) is 4.74 Å². The molecular weight excluding hydrogens is 287 g/mol. The SMILES string of the molecule is CC(C)CNC(=O)[C@H]1OCC(=O)N(C)[C@H]1c1ccc(F)cc1. The van der Waals surface area contributed by atoms with Crippen molar-refractivity contribution in [2.24, 2.45) is 5.92 Å². The number of hydrogen-bond donors (Lipinski definition) is 1. The highest BCUT2D eigenvalue weighted by Crippen LogP contribution is 2.29. The Morgan fingerprint density at radius 1 is 1.41 bits per heavy atom. The van der Waals surface area contributed by atoms with Crippen molar-refractivity contribution in [1.82, 2.24) is 10.2 Å². The number of nitrogens with one attached hydrogen (secondary N) is 1. The molecule has 0 spiro atoms. The Labute approximate surface area is 129 Å². The predicted octanol–water partition coefficient (Wildman–Crippen LogP) is 1.50. The fraction of sp³-hybridized carbons (Fsp3) is 0.500. The van der Waals surface area contributed by atoms with Crippen LogP contribution >= 0.6 is 0 Å². The second-order valence-corrected chi connectivity index (χ2v) is 5.87. The molecule has 120 valence electrons. The molecule has 0 radical (unpaired) electrons. The second kappa shape index (κ2) is 6.87. The van der Waals surface area contributed by atoms with Gasteiger partial charge in [0, 0.05) is 13.6 Å². The molecular formula is C16H21FN2O3. The third kappa shape index (κ3) is 3.62. The summed E-state index contributed by atoms with van der Waals surface area (Å²) in [5, 5.41) is 2.82. The molecule has 2 amide bonds. The number of amides is 2. The summed E-state index contributed by atoms with van der Waals surface area (Å²) in [5.41, 5.74) is 0.668. The number of rotatable bonds is 4. The van der Waals surface area contributed by atoms with Gasteiger partial charge in [-0.2, -0.15) is 0 Å². The maximum atomic E-state index is 13.1. The summed E-state index contributed by atoms with van der Waals surface area (Å²) in [6, 6.07) is 5.20. The first-order valence-corrected chi connectivity index (χ1v) is 7.30. The molecule has 5 nitrogen and oxygen atoms in total. The third-order valence-electron chi connectivity index (χ3n) is 3.64. The molecule has 1 N–H and O–H groups in total. The van der Waals surface area contributed by atoms with Crippen LogP contribution in [0.3, 0.4) is 0 Å². The average Bonchev–Trinajstić information content (AvgIpc) is 2.48. The van der Waals surface area contributed by atoms with Gasteiger partial charge in [-0.3, -0.25) is 9.59 Å². The molecule has 0 saturated carbocycles. The van der Waals surface area contributed by atoms with Gasteiger partial charge >= 0.3 is 0 Å². The predicted molar refractivity (Wildman–Crippen MR) is 79.5 cm³/mol. The van der Waals surface area contributed by atoms with Gasteiger partial charge in [0.2, 0.25) is 5.91 Å². The molecule has 1 aliphatic rings. The van der Waals surface area contributed by atoms with Crippen molar-refractivity contribution in [2.75, 3.05) is 20.2 Å². The van der Waals surface area contributed by atoms with Crippen LogP contribution in [0, 0.1) is 11.7 Å². The average molecular weight is 308 g/mol. The first kappa shape index (κ1) is 16.4. The molecule has 1 heterocycles. The van der Waals surface area contributed by atoms with Crippen LogP contribution in [0.1, 0.15) is 25.5 Å². The standard InChI is InChI=1S/C16H21FN2O3/c1-10(2)8-18-16(21)15-14(19(3)13(20)9-22-15)11-4-6-12(17)7-5-11/h4-7,10,14-15H,8-9H2,1-3H3,(H,18,21)/t14-,15-/m0/s1. The molecule has 1 aromatic carbocycles. The van der Waals surface area contributed by atoms with E-state index in [2.05, 4.69) is 5.32 Å². The summed E-state index contributed by atoms with van der Waals surface area (Å²) in [4.78, 5) is 25.7. The van der Waals surface area contributed by atoms with Crippen molar-refractivity contribution >= 4 is 11.8 Å².